The summed E-state index contributed by atoms with van der Waals surface area (Å²) in [5.74, 6) is -0.0356. The molecule has 3 nitrogen and oxygen atoms in total. The van der Waals surface area contributed by atoms with E-state index in [1.165, 1.54) is 0 Å². The van der Waals surface area contributed by atoms with Gasteiger partial charge in [0.2, 0.25) is 0 Å². The lowest BCUT2D eigenvalue weighted by atomic mass is 9.86. The number of ether oxygens (including phenoxy) is 1. The summed E-state index contributed by atoms with van der Waals surface area (Å²) in [5, 5.41) is 9.59. The lowest BCUT2D eigenvalue weighted by molar-refractivity contribution is -0.148. The summed E-state index contributed by atoms with van der Waals surface area (Å²) in [4.78, 5) is 11.2. The van der Waals surface area contributed by atoms with Gasteiger partial charge in [-0.05, 0) is 25.7 Å². The molecule has 1 rings (SSSR count). The molecular weight excluding hydrogens is 180 g/mol. The van der Waals surface area contributed by atoms with Crippen LogP contribution in [0.25, 0.3) is 0 Å². The molecule has 3 heteroatoms. The van der Waals surface area contributed by atoms with Crippen LogP contribution in [0.4, 0.5) is 0 Å². The molecule has 0 bridgehead atoms. The van der Waals surface area contributed by atoms with E-state index in [9.17, 15) is 9.90 Å². The van der Waals surface area contributed by atoms with Crippen LogP contribution in [0.2, 0.25) is 0 Å². The number of hydrogen-bond donors (Lipinski definition) is 1. The molecule has 3 unspecified atom stereocenters. The van der Waals surface area contributed by atoms with Crippen LogP contribution in [-0.4, -0.2) is 23.3 Å². The summed E-state index contributed by atoms with van der Waals surface area (Å²) in [7, 11) is 0. The summed E-state index contributed by atoms with van der Waals surface area (Å²) < 4.78 is 5.17. The van der Waals surface area contributed by atoms with Gasteiger partial charge >= 0.3 is 5.97 Å². The Hall–Kier alpha value is -0.830. The van der Waals surface area contributed by atoms with Crippen molar-refractivity contribution < 1.29 is 14.6 Å². The highest BCUT2D eigenvalue weighted by molar-refractivity contribution is 5.87. The van der Waals surface area contributed by atoms with Crippen molar-refractivity contribution in [2.75, 3.05) is 0 Å². The Morgan fingerprint density at radius 2 is 2.14 bits per heavy atom. The molecule has 0 spiro atoms. The number of rotatable bonds is 2. The zero-order valence-electron chi connectivity index (χ0n) is 8.82. The largest absolute Gasteiger partial charge is 0.459 e. The Balaban J connectivity index is 2.40. The Kier molecular flexibility index (Phi) is 3.69. The monoisotopic (exact) mass is 198 g/mol. The maximum absolute atomic E-state index is 11.2. The van der Waals surface area contributed by atoms with Crippen LogP contribution in [0, 0.1) is 5.92 Å². The topological polar surface area (TPSA) is 46.5 Å². The van der Waals surface area contributed by atoms with Crippen LogP contribution >= 0.6 is 0 Å². The molecule has 0 amide bonds. The number of aliphatic hydroxyl groups excluding tert-OH is 1. The van der Waals surface area contributed by atoms with Crippen molar-refractivity contribution in [3.05, 3.63) is 12.2 Å². The molecule has 0 aromatic rings. The maximum atomic E-state index is 11.2. The van der Waals surface area contributed by atoms with Crippen molar-refractivity contribution in [1.29, 1.82) is 0 Å². The quantitative estimate of drug-likeness (QED) is 0.542. The highest BCUT2D eigenvalue weighted by Gasteiger charge is 2.28. The highest BCUT2D eigenvalue weighted by atomic mass is 16.5. The molecule has 1 fully saturated rings. The minimum atomic E-state index is -0.350. The van der Waals surface area contributed by atoms with Crippen molar-refractivity contribution >= 4 is 5.97 Å². The fourth-order valence-corrected chi connectivity index (χ4v) is 1.62. The third-order valence-corrected chi connectivity index (χ3v) is 2.73. The van der Waals surface area contributed by atoms with E-state index in [0.717, 1.165) is 12.8 Å². The first-order valence-electron chi connectivity index (χ1n) is 5.05. The van der Waals surface area contributed by atoms with E-state index >= 15 is 0 Å². The molecule has 0 radical (unpaired) electrons. The first kappa shape index (κ1) is 11.2. The van der Waals surface area contributed by atoms with Gasteiger partial charge in [-0.3, -0.25) is 0 Å². The van der Waals surface area contributed by atoms with E-state index in [1.807, 2.05) is 6.92 Å². The van der Waals surface area contributed by atoms with Crippen LogP contribution in [-0.2, 0) is 9.53 Å². The van der Waals surface area contributed by atoms with Crippen LogP contribution in [0.3, 0.4) is 0 Å². The van der Waals surface area contributed by atoms with Crippen LogP contribution in [0.1, 0.15) is 33.1 Å². The SMILES string of the molecule is C=C(C)C(=O)OC1CCC(C)C(O)C1. The van der Waals surface area contributed by atoms with E-state index in [-0.39, 0.29) is 18.2 Å². The number of esters is 1. The van der Waals surface area contributed by atoms with E-state index in [0.29, 0.717) is 17.9 Å². The molecule has 80 valence electrons. The van der Waals surface area contributed by atoms with Gasteiger partial charge in [-0.2, -0.15) is 0 Å². The van der Waals surface area contributed by atoms with Crippen LogP contribution in [0.15, 0.2) is 12.2 Å². The third kappa shape index (κ3) is 2.84. The van der Waals surface area contributed by atoms with Gasteiger partial charge in [0.05, 0.1) is 6.10 Å². The molecule has 1 aliphatic rings. The number of carbonyl (C=O) groups excluding carboxylic acids is 1. The lowest BCUT2D eigenvalue weighted by Gasteiger charge is -2.30. The van der Waals surface area contributed by atoms with Gasteiger partial charge in [0, 0.05) is 12.0 Å². The number of hydrogen-bond acceptors (Lipinski definition) is 3. The predicted molar refractivity (Wildman–Crippen MR) is 53.7 cm³/mol. The maximum Gasteiger partial charge on any atom is 0.333 e. The molecule has 1 saturated carbocycles. The van der Waals surface area contributed by atoms with Gasteiger partial charge in [0.25, 0.3) is 0 Å². The molecule has 0 saturated heterocycles. The van der Waals surface area contributed by atoms with E-state index in [1.54, 1.807) is 6.92 Å². The van der Waals surface area contributed by atoms with Crippen LogP contribution in [0.5, 0.6) is 0 Å². The molecule has 14 heavy (non-hydrogen) atoms. The summed E-state index contributed by atoms with van der Waals surface area (Å²) in [6.07, 6.45) is 1.84. The van der Waals surface area contributed by atoms with E-state index in [2.05, 4.69) is 6.58 Å². The Morgan fingerprint density at radius 1 is 1.50 bits per heavy atom. The van der Waals surface area contributed by atoms with Gasteiger partial charge in [-0.15, -0.1) is 0 Å². The number of carbonyl (C=O) groups is 1. The first-order chi connectivity index (χ1) is 6.50. The van der Waals surface area contributed by atoms with Gasteiger partial charge in [-0.1, -0.05) is 13.5 Å². The average molecular weight is 198 g/mol. The van der Waals surface area contributed by atoms with Gasteiger partial charge < -0.3 is 9.84 Å². The second-order valence-corrected chi connectivity index (χ2v) is 4.17. The first-order valence-corrected chi connectivity index (χ1v) is 5.05. The second kappa shape index (κ2) is 4.60. The minimum absolute atomic E-state index is 0.134. The highest BCUT2D eigenvalue weighted by Crippen LogP contribution is 2.26. The van der Waals surface area contributed by atoms with Crippen molar-refractivity contribution in [1.82, 2.24) is 0 Å². The number of aliphatic hydroxyl groups is 1. The van der Waals surface area contributed by atoms with E-state index in [4.69, 9.17) is 4.74 Å². The smallest absolute Gasteiger partial charge is 0.333 e. The van der Waals surface area contributed by atoms with Crippen molar-refractivity contribution in [2.24, 2.45) is 5.92 Å². The molecule has 1 N–H and O–H groups in total. The molecule has 1 aliphatic carbocycles. The lowest BCUT2D eigenvalue weighted by Crippen LogP contribution is -2.33. The summed E-state index contributed by atoms with van der Waals surface area (Å²) in [6.45, 7) is 7.16. The molecule has 0 aromatic heterocycles. The van der Waals surface area contributed by atoms with Crippen molar-refractivity contribution in [3.8, 4) is 0 Å². The van der Waals surface area contributed by atoms with Crippen molar-refractivity contribution in [3.63, 3.8) is 0 Å². The van der Waals surface area contributed by atoms with E-state index < -0.39 is 0 Å². The average Bonchev–Trinajstić information content (AvgIpc) is 2.11. The third-order valence-electron chi connectivity index (χ3n) is 2.73. The molecule has 0 aromatic carbocycles. The van der Waals surface area contributed by atoms with Crippen LogP contribution < -0.4 is 0 Å². The Morgan fingerprint density at radius 3 is 2.64 bits per heavy atom. The summed E-state index contributed by atoms with van der Waals surface area (Å²) >= 11 is 0. The molecule has 3 atom stereocenters. The molecular formula is C11H18O3. The Bertz CT molecular complexity index is 235. The standard InChI is InChI=1S/C11H18O3/c1-7(2)11(13)14-9-5-4-8(3)10(12)6-9/h8-10,12H,1,4-6H2,2-3H3. The normalized spacial score (nSPS) is 32.4. The molecule has 0 aliphatic heterocycles. The van der Waals surface area contributed by atoms with Crippen molar-refractivity contribution in [2.45, 2.75) is 45.3 Å². The summed E-state index contributed by atoms with van der Waals surface area (Å²) in [5.41, 5.74) is 0.415. The summed E-state index contributed by atoms with van der Waals surface area (Å²) in [6, 6.07) is 0. The van der Waals surface area contributed by atoms with Gasteiger partial charge in [0.15, 0.2) is 0 Å². The zero-order valence-corrected chi connectivity index (χ0v) is 8.82. The van der Waals surface area contributed by atoms with Gasteiger partial charge in [-0.25, -0.2) is 4.79 Å². The second-order valence-electron chi connectivity index (χ2n) is 4.17. The zero-order chi connectivity index (χ0) is 10.7. The fraction of sp³-hybridized carbons (Fsp3) is 0.727. The minimum Gasteiger partial charge on any atom is -0.459 e. The molecule has 0 heterocycles. The fourth-order valence-electron chi connectivity index (χ4n) is 1.62. The van der Waals surface area contributed by atoms with Gasteiger partial charge in [0.1, 0.15) is 6.10 Å². The predicted octanol–water partition coefficient (Wildman–Crippen LogP) is 1.66. The Labute approximate surface area is 84.8 Å².